The third-order valence-corrected chi connectivity index (χ3v) is 9.20. The number of benzene rings is 2. The van der Waals surface area contributed by atoms with Crippen molar-refractivity contribution < 1.29 is 19.1 Å². The Morgan fingerprint density at radius 3 is 2.47 bits per heavy atom. The maximum Gasteiger partial charge on any atom is 0.336 e. The van der Waals surface area contributed by atoms with Crippen LogP contribution in [0.15, 0.2) is 54.6 Å². The van der Waals surface area contributed by atoms with Crippen molar-refractivity contribution in [1.29, 1.82) is 0 Å². The molecule has 0 saturated heterocycles. The second-order valence-corrected chi connectivity index (χ2v) is 11.7. The summed E-state index contributed by atoms with van der Waals surface area (Å²) in [5.74, 6) is 1.36. The molecule has 2 unspecified atom stereocenters. The molecule has 0 saturated carbocycles. The van der Waals surface area contributed by atoms with E-state index in [-0.39, 0.29) is 12.1 Å². The molecule has 5 rings (SSSR count). The maximum absolute atomic E-state index is 13.1. The molecule has 2 heterocycles. The quantitative estimate of drug-likeness (QED) is 0.200. The molecule has 6 nitrogen and oxygen atoms in total. The van der Waals surface area contributed by atoms with E-state index in [0.717, 1.165) is 53.1 Å². The van der Waals surface area contributed by atoms with Gasteiger partial charge in [0, 0.05) is 11.0 Å². The van der Waals surface area contributed by atoms with Gasteiger partial charge in [-0.1, -0.05) is 51.5 Å². The van der Waals surface area contributed by atoms with Crippen LogP contribution in [-0.2, 0) is 17.6 Å². The van der Waals surface area contributed by atoms with Crippen molar-refractivity contribution in [2.75, 3.05) is 12.4 Å². The van der Waals surface area contributed by atoms with E-state index in [2.05, 4.69) is 31.4 Å². The van der Waals surface area contributed by atoms with Gasteiger partial charge in [0.25, 0.3) is 5.91 Å². The van der Waals surface area contributed by atoms with Gasteiger partial charge >= 0.3 is 5.97 Å². The predicted molar refractivity (Wildman–Crippen MR) is 152 cm³/mol. The highest BCUT2D eigenvalue weighted by atomic mass is 32.1. The summed E-state index contributed by atoms with van der Waals surface area (Å²) >= 11 is 1.73. The Kier molecular flexibility index (Phi) is 7.30. The van der Waals surface area contributed by atoms with Crippen molar-refractivity contribution in [3.05, 3.63) is 81.7 Å². The molecule has 0 spiro atoms. The Morgan fingerprint density at radius 1 is 1.08 bits per heavy atom. The first-order valence-corrected chi connectivity index (χ1v) is 13.9. The number of nitrogens with one attached hydrogen (secondary N) is 2. The number of thiophene rings is 1. The monoisotopic (exact) mass is 530 g/mol. The summed E-state index contributed by atoms with van der Waals surface area (Å²) in [6.07, 6.45) is 7.04. The van der Waals surface area contributed by atoms with Crippen LogP contribution in [0.2, 0.25) is 0 Å². The fraction of sp³-hybridized carbons (Fsp3) is 0.355. The summed E-state index contributed by atoms with van der Waals surface area (Å²) < 4.78 is 10.6. The third-order valence-electron chi connectivity index (χ3n) is 8.02. The van der Waals surface area contributed by atoms with Gasteiger partial charge in [-0.15, -0.1) is 11.3 Å². The van der Waals surface area contributed by atoms with Gasteiger partial charge in [-0.3, -0.25) is 4.79 Å². The van der Waals surface area contributed by atoms with Gasteiger partial charge in [0.2, 0.25) is 0 Å². The van der Waals surface area contributed by atoms with Crippen molar-refractivity contribution in [1.82, 2.24) is 5.32 Å². The Balaban J connectivity index is 1.23. The van der Waals surface area contributed by atoms with Gasteiger partial charge in [-0.2, -0.15) is 0 Å². The molecule has 2 aromatic carbocycles. The minimum atomic E-state index is -0.462. The number of rotatable bonds is 7. The van der Waals surface area contributed by atoms with E-state index in [4.69, 9.17) is 9.47 Å². The van der Waals surface area contributed by atoms with E-state index >= 15 is 0 Å². The summed E-state index contributed by atoms with van der Waals surface area (Å²) in [5, 5.41) is 7.60. The zero-order chi connectivity index (χ0) is 26.9. The van der Waals surface area contributed by atoms with Crippen LogP contribution in [0.4, 0.5) is 5.00 Å². The first-order chi connectivity index (χ1) is 18.3. The fourth-order valence-corrected chi connectivity index (χ4v) is 6.53. The van der Waals surface area contributed by atoms with Crippen LogP contribution in [0.5, 0.6) is 11.5 Å². The summed E-state index contributed by atoms with van der Waals surface area (Å²) in [4.78, 5) is 26.8. The lowest BCUT2D eigenvalue weighted by Crippen LogP contribution is -2.38. The van der Waals surface area contributed by atoms with Crippen molar-refractivity contribution in [3.8, 4) is 11.5 Å². The lowest BCUT2D eigenvalue weighted by Gasteiger charge is -2.36. The number of anilines is 1. The van der Waals surface area contributed by atoms with Crippen LogP contribution >= 0.6 is 11.3 Å². The lowest BCUT2D eigenvalue weighted by molar-refractivity contribution is -0.128. The molecule has 1 amide bonds. The van der Waals surface area contributed by atoms with Crippen molar-refractivity contribution >= 4 is 34.3 Å². The van der Waals surface area contributed by atoms with Crippen molar-refractivity contribution in [3.63, 3.8) is 0 Å². The number of methoxy groups -OCH3 is 1. The van der Waals surface area contributed by atoms with Crippen molar-refractivity contribution in [2.45, 2.75) is 52.6 Å². The first-order valence-electron chi connectivity index (χ1n) is 13.1. The SMILES string of the molecule is CCC(C)(C)C1CCc2c(sc3c2C(=O)NC(c2ccc(OC(=O)/C=C/c4ccc(OC)cc4)cc2)N3)C1. The van der Waals surface area contributed by atoms with Gasteiger partial charge in [-0.05, 0) is 77.6 Å². The van der Waals surface area contributed by atoms with Gasteiger partial charge in [0.1, 0.15) is 22.7 Å². The largest absolute Gasteiger partial charge is 0.497 e. The van der Waals surface area contributed by atoms with Crippen LogP contribution in [-0.4, -0.2) is 19.0 Å². The molecule has 0 radical (unpaired) electrons. The summed E-state index contributed by atoms with van der Waals surface area (Å²) in [7, 11) is 1.61. The number of esters is 1. The second kappa shape index (κ2) is 10.7. The molecular formula is C31H34N2O4S. The van der Waals surface area contributed by atoms with E-state index in [1.165, 1.54) is 16.5 Å². The zero-order valence-corrected chi connectivity index (χ0v) is 23.1. The number of ether oxygens (including phenoxy) is 2. The maximum atomic E-state index is 13.1. The average Bonchev–Trinajstić information content (AvgIpc) is 3.31. The topological polar surface area (TPSA) is 76.7 Å². The van der Waals surface area contributed by atoms with Gasteiger partial charge in [-0.25, -0.2) is 4.79 Å². The van der Waals surface area contributed by atoms with Crippen LogP contribution in [0.1, 0.15) is 71.7 Å². The predicted octanol–water partition coefficient (Wildman–Crippen LogP) is 6.77. The number of hydrogen-bond acceptors (Lipinski definition) is 6. The molecule has 2 aliphatic rings. The van der Waals surface area contributed by atoms with Gasteiger partial charge in [0.05, 0.1) is 12.7 Å². The highest BCUT2D eigenvalue weighted by Gasteiger charge is 2.37. The molecule has 1 aliphatic carbocycles. The highest BCUT2D eigenvalue weighted by molar-refractivity contribution is 7.16. The molecule has 1 aliphatic heterocycles. The third kappa shape index (κ3) is 5.34. The molecule has 1 aromatic heterocycles. The van der Waals surface area contributed by atoms with E-state index < -0.39 is 5.97 Å². The van der Waals surface area contributed by atoms with Crippen LogP contribution < -0.4 is 20.1 Å². The number of carbonyl (C=O) groups is 2. The van der Waals surface area contributed by atoms with Gasteiger partial charge in [0.15, 0.2) is 0 Å². The van der Waals surface area contributed by atoms with E-state index in [0.29, 0.717) is 17.1 Å². The number of amides is 1. The molecule has 0 bridgehead atoms. The first kappa shape index (κ1) is 26.0. The Bertz CT molecular complexity index is 1360. The van der Waals surface area contributed by atoms with Gasteiger partial charge < -0.3 is 20.1 Å². The molecule has 38 heavy (non-hydrogen) atoms. The summed E-state index contributed by atoms with van der Waals surface area (Å²) in [5.41, 5.74) is 4.12. The minimum absolute atomic E-state index is 0.0198. The van der Waals surface area contributed by atoms with Crippen LogP contribution in [0.3, 0.4) is 0 Å². The fourth-order valence-electron chi connectivity index (χ4n) is 5.18. The van der Waals surface area contributed by atoms with Crippen LogP contribution in [0, 0.1) is 11.3 Å². The second-order valence-electron chi connectivity index (χ2n) is 10.6. The minimum Gasteiger partial charge on any atom is -0.497 e. The lowest BCUT2D eigenvalue weighted by atomic mass is 9.69. The molecule has 198 valence electrons. The zero-order valence-electron chi connectivity index (χ0n) is 22.3. The Hall–Kier alpha value is -3.58. The average molecular weight is 531 g/mol. The Morgan fingerprint density at radius 2 is 1.79 bits per heavy atom. The number of fused-ring (bicyclic) bond motifs is 3. The summed E-state index contributed by atoms with van der Waals surface area (Å²) in [6, 6.07) is 14.6. The number of hydrogen-bond donors (Lipinski definition) is 2. The summed E-state index contributed by atoms with van der Waals surface area (Å²) in [6.45, 7) is 6.98. The smallest absolute Gasteiger partial charge is 0.336 e. The Labute approximate surface area is 228 Å². The molecule has 2 N–H and O–H groups in total. The number of carbonyl (C=O) groups excluding carboxylic acids is 2. The van der Waals surface area contributed by atoms with E-state index in [1.54, 1.807) is 36.7 Å². The molecular weight excluding hydrogens is 496 g/mol. The normalized spacial score (nSPS) is 18.8. The highest BCUT2D eigenvalue weighted by Crippen LogP contribution is 2.47. The van der Waals surface area contributed by atoms with E-state index in [9.17, 15) is 9.59 Å². The van der Waals surface area contributed by atoms with Crippen molar-refractivity contribution in [2.24, 2.45) is 11.3 Å². The standard InChI is InChI=1S/C31H34N2O4S/c1-5-31(2,3)21-11-16-24-25(18-21)38-30-27(24)29(35)32-28(33-30)20-9-14-23(15-10-20)37-26(34)17-8-19-6-12-22(36-4)13-7-19/h6-10,12-15,17,21,28,33H,5,11,16,18H2,1-4H3,(H,32,35)/b17-8+. The molecule has 2 atom stereocenters. The molecule has 3 aromatic rings. The van der Waals surface area contributed by atoms with Crippen LogP contribution in [0.25, 0.3) is 6.08 Å². The molecule has 7 heteroatoms. The van der Waals surface area contributed by atoms with E-state index in [1.807, 2.05) is 36.4 Å². The molecule has 0 fully saturated rings.